The second kappa shape index (κ2) is 10.8. The van der Waals surface area contributed by atoms with E-state index in [1.54, 1.807) is 12.1 Å². The summed E-state index contributed by atoms with van der Waals surface area (Å²) in [5.41, 5.74) is 3.76. The van der Waals surface area contributed by atoms with Gasteiger partial charge in [0.15, 0.2) is 17.5 Å². The number of nitrogens with zero attached hydrogens (tertiary/aromatic N) is 4. The van der Waals surface area contributed by atoms with Crippen molar-refractivity contribution in [2.75, 3.05) is 55.1 Å². The highest BCUT2D eigenvalue weighted by molar-refractivity contribution is 5.99. The van der Waals surface area contributed by atoms with Crippen molar-refractivity contribution >= 4 is 23.2 Å². The zero-order chi connectivity index (χ0) is 26.9. The fourth-order valence-corrected chi connectivity index (χ4v) is 5.16. The van der Waals surface area contributed by atoms with Crippen LogP contribution >= 0.6 is 0 Å². The quantitative estimate of drug-likeness (QED) is 0.509. The van der Waals surface area contributed by atoms with E-state index in [0.29, 0.717) is 30.8 Å². The van der Waals surface area contributed by atoms with Gasteiger partial charge in [-0.1, -0.05) is 0 Å². The summed E-state index contributed by atoms with van der Waals surface area (Å²) in [6.45, 7) is 7.50. The summed E-state index contributed by atoms with van der Waals surface area (Å²) >= 11 is 0. The first-order valence-electron chi connectivity index (χ1n) is 13.1. The predicted octanol–water partition coefficient (Wildman–Crippen LogP) is 4.05. The zero-order valence-corrected chi connectivity index (χ0v) is 21.6. The maximum atomic E-state index is 13.4. The van der Waals surface area contributed by atoms with Crippen LogP contribution in [0.1, 0.15) is 18.2 Å². The highest BCUT2D eigenvalue weighted by atomic mass is 19.2. The Bertz CT molecular complexity index is 1370. The first kappa shape index (κ1) is 25.6. The Kier molecular flexibility index (Phi) is 7.11. The molecule has 2 N–H and O–H groups in total. The molecule has 0 bridgehead atoms. The van der Waals surface area contributed by atoms with Gasteiger partial charge in [-0.2, -0.15) is 0 Å². The normalized spacial score (nSPS) is 19.8. The number of aromatic nitrogens is 2. The smallest absolute Gasteiger partial charge is 0.323 e. The average molecular weight is 537 g/mol. The molecule has 3 aromatic rings. The fourth-order valence-electron chi connectivity index (χ4n) is 5.16. The van der Waals surface area contributed by atoms with Gasteiger partial charge in [-0.15, -0.1) is 0 Å². The van der Waals surface area contributed by atoms with Gasteiger partial charge in [-0.25, -0.2) is 23.5 Å². The molecule has 6 rings (SSSR count). The summed E-state index contributed by atoms with van der Waals surface area (Å²) in [4.78, 5) is 27.2. The van der Waals surface area contributed by atoms with Crippen LogP contribution in [0.2, 0.25) is 0 Å². The summed E-state index contributed by atoms with van der Waals surface area (Å²) in [5, 5.41) is 5.20. The molecular weight excluding hydrogens is 506 g/mol. The lowest BCUT2D eigenvalue weighted by molar-refractivity contribution is -0.0699. The number of fused-ring (bicyclic) bond motifs is 1. The molecule has 11 heteroatoms. The highest BCUT2D eigenvalue weighted by Crippen LogP contribution is 2.33. The van der Waals surface area contributed by atoms with E-state index in [1.807, 2.05) is 12.1 Å². The molecule has 2 fully saturated rings. The largest absolute Gasteiger partial charge is 0.378 e. The monoisotopic (exact) mass is 536 g/mol. The summed E-state index contributed by atoms with van der Waals surface area (Å²) in [5.74, 6) is -0.399. The Hall–Kier alpha value is -3.67. The van der Waals surface area contributed by atoms with Crippen LogP contribution in [0.25, 0.3) is 11.4 Å². The van der Waals surface area contributed by atoms with Gasteiger partial charge in [-0.05, 0) is 49.7 Å². The summed E-state index contributed by atoms with van der Waals surface area (Å²) < 4.78 is 37.7. The lowest BCUT2D eigenvalue weighted by Crippen LogP contribution is -2.51. The zero-order valence-electron chi connectivity index (χ0n) is 21.6. The van der Waals surface area contributed by atoms with Crippen molar-refractivity contribution < 1.29 is 23.0 Å². The number of morpholine rings is 1. The van der Waals surface area contributed by atoms with Crippen molar-refractivity contribution in [1.29, 1.82) is 0 Å². The molecule has 3 aliphatic heterocycles. The molecule has 1 aromatic heterocycles. The highest BCUT2D eigenvalue weighted by Gasteiger charge is 2.33. The lowest BCUT2D eigenvalue weighted by atomic mass is 10.0. The van der Waals surface area contributed by atoms with Crippen LogP contribution in [-0.4, -0.2) is 72.5 Å². The van der Waals surface area contributed by atoms with Crippen molar-refractivity contribution in [3.05, 3.63) is 65.4 Å². The Morgan fingerprint density at radius 2 is 1.72 bits per heavy atom. The number of nitrogens with one attached hydrogen (secondary N) is 2. The van der Waals surface area contributed by atoms with Crippen LogP contribution in [0.4, 0.5) is 30.8 Å². The van der Waals surface area contributed by atoms with Gasteiger partial charge in [0.2, 0.25) is 0 Å². The molecule has 0 radical (unpaired) electrons. The van der Waals surface area contributed by atoms with Crippen LogP contribution in [0.15, 0.2) is 42.5 Å². The molecule has 39 heavy (non-hydrogen) atoms. The maximum Gasteiger partial charge on any atom is 0.323 e. The Morgan fingerprint density at radius 3 is 2.44 bits per heavy atom. The van der Waals surface area contributed by atoms with Crippen molar-refractivity contribution in [1.82, 2.24) is 14.9 Å². The fraction of sp³-hybridized carbons (Fsp3) is 0.393. The van der Waals surface area contributed by atoms with E-state index in [2.05, 4.69) is 27.4 Å². The summed E-state index contributed by atoms with van der Waals surface area (Å²) in [7, 11) is 0. The van der Waals surface area contributed by atoms with Gasteiger partial charge in [0.25, 0.3) is 0 Å². The van der Waals surface area contributed by atoms with E-state index in [9.17, 15) is 13.6 Å². The minimum absolute atomic E-state index is 0.151. The second-order valence-electron chi connectivity index (χ2n) is 10.1. The van der Waals surface area contributed by atoms with E-state index < -0.39 is 17.7 Å². The van der Waals surface area contributed by atoms with Crippen molar-refractivity contribution in [2.24, 2.45) is 0 Å². The van der Waals surface area contributed by atoms with Crippen molar-refractivity contribution in [3.8, 4) is 11.4 Å². The van der Waals surface area contributed by atoms with Crippen molar-refractivity contribution in [2.45, 2.75) is 32.0 Å². The molecule has 0 saturated carbocycles. The first-order chi connectivity index (χ1) is 18.9. The molecule has 1 atom stereocenters. The maximum absolute atomic E-state index is 13.4. The van der Waals surface area contributed by atoms with Gasteiger partial charge in [0.05, 0.1) is 44.2 Å². The second-order valence-corrected chi connectivity index (χ2v) is 10.1. The molecule has 2 aromatic carbocycles. The van der Waals surface area contributed by atoms with E-state index in [0.717, 1.165) is 68.5 Å². The van der Waals surface area contributed by atoms with Crippen LogP contribution in [0.3, 0.4) is 0 Å². The minimum Gasteiger partial charge on any atom is -0.378 e. The molecular formula is C28H30F2N6O3. The average Bonchev–Trinajstić information content (AvgIpc) is 2.90. The lowest BCUT2D eigenvalue weighted by Gasteiger charge is -2.41. The van der Waals surface area contributed by atoms with Crippen LogP contribution < -0.4 is 15.5 Å². The number of hydrogen-bond donors (Lipinski definition) is 2. The molecule has 4 heterocycles. The van der Waals surface area contributed by atoms with Crippen LogP contribution in [-0.2, 0) is 22.4 Å². The van der Waals surface area contributed by atoms with E-state index in [1.165, 1.54) is 11.6 Å². The number of amides is 2. The standard InChI is InChI=1S/C28H30F2N6O3/c1-17-14-38-11-10-36(17)27-22-8-9-35(21-15-39-16-21)13-25(22)33-26(34-27)18-2-4-19(5-3-18)31-28(37)32-20-6-7-23(29)24(30)12-20/h2-7,12,17,21H,8-11,13-16H2,1H3,(H2,31,32,37). The van der Waals surface area contributed by atoms with Crippen LogP contribution in [0, 0.1) is 11.6 Å². The predicted molar refractivity (Wildman–Crippen MR) is 143 cm³/mol. The number of halogens is 2. The molecule has 9 nitrogen and oxygen atoms in total. The number of urea groups is 1. The minimum atomic E-state index is -1.03. The van der Waals surface area contributed by atoms with Gasteiger partial charge in [0.1, 0.15) is 5.82 Å². The van der Waals surface area contributed by atoms with Gasteiger partial charge in [0, 0.05) is 48.2 Å². The van der Waals surface area contributed by atoms with Gasteiger partial charge < -0.3 is 25.0 Å². The number of carbonyl (C=O) groups is 1. The topological polar surface area (TPSA) is 91.8 Å². The summed E-state index contributed by atoms with van der Waals surface area (Å²) in [6.07, 6.45) is 0.890. The molecule has 0 aliphatic carbocycles. The van der Waals surface area contributed by atoms with Crippen LogP contribution in [0.5, 0.6) is 0 Å². The van der Waals surface area contributed by atoms with E-state index in [-0.39, 0.29) is 11.7 Å². The number of hydrogen-bond acceptors (Lipinski definition) is 7. The van der Waals surface area contributed by atoms with E-state index in [4.69, 9.17) is 19.4 Å². The Morgan fingerprint density at radius 1 is 0.949 bits per heavy atom. The third-order valence-corrected chi connectivity index (χ3v) is 7.43. The molecule has 3 aliphatic rings. The van der Waals surface area contributed by atoms with Gasteiger partial charge >= 0.3 is 6.03 Å². The molecule has 1 unspecified atom stereocenters. The number of carbonyl (C=O) groups excluding carboxylic acids is 1. The van der Waals surface area contributed by atoms with E-state index >= 15 is 0 Å². The van der Waals surface area contributed by atoms with Crippen molar-refractivity contribution in [3.63, 3.8) is 0 Å². The SMILES string of the molecule is CC1COCCN1c1nc(-c2ccc(NC(=O)Nc3ccc(F)c(F)c3)cc2)nc2c1CCN(C1COC1)C2. The first-order valence-corrected chi connectivity index (χ1v) is 13.1. The number of benzene rings is 2. The molecule has 204 valence electrons. The number of ether oxygens (including phenoxy) is 2. The molecule has 2 amide bonds. The third kappa shape index (κ3) is 5.42. The third-order valence-electron chi connectivity index (χ3n) is 7.43. The Balaban J connectivity index is 1.23. The molecule has 0 spiro atoms. The number of anilines is 3. The number of rotatable bonds is 5. The van der Waals surface area contributed by atoms with Gasteiger partial charge in [-0.3, -0.25) is 4.90 Å². The Labute approximate surface area is 225 Å². The molecule has 2 saturated heterocycles. The summed E-state index contributed by atoms with van der Waals surface area (Å²) in [6, 6.07) is 10.5.